The van der Waals surface area contributed by atoms with E-state index in [2.05, 4.69) is 15.5 Å². The lowest BCUT2D eigenvalue weighted by Crippen LogP contribution is -2.01. The summed E-state index contributed by atoms with van der Waals surface area (Å²) in [7, 11) is 0. The van der Waals surface area contributed by atoms with E-state index in [0.29, 0.717) is 0 Å². The maximum absolute atomic E-state index is 5.84. The first-order valence-electron chi connectivity index (χ1n) is 4.83. The number of nitrogens with one attached hydrogen (secondary N) is 2. The summed E-state index contributed by atoms with van der Waals surface area (Å²) in [5.41, 5.74) is 9.88. The van der Waals surface area contributed by atoms with Crippen molar-refractivity contribution >= 4 is 11.4 Å². The molecule has 0 radical (unpaired) electrons. The van der Waals surface area contributed by atoms with Crippen molar-refractivity contribution in [2.75, 3.05) is 11.1 Å². The van der Waals surface area contributed by atoms with Crippen molar-refractivity contribution < 1.29 is 0 Å². The van der Waals surface area contributed by atoms with Crippen molar-refractivity contribution in [1.29, 1.82) is 0 Å². The third-order valence-corrected chi connectivity index (χ3v) is 2.25. The quantitative estimate of drug-likeness (QED) is 0.666. The number of hydrogen-bond acceptors (Lipinski definition) is 3. The molecule has 0 aliphatic carbocycles. The van der Waals surface area contributed by atoms with Gasteiger partial charge in [-0.15, -0.1) is 0 Å². The minimum Gasteiger partial charge on any atom is -0.397 e. The third kappa shape index (κ3) is 2.28. The number of H-pyrrole nitrogens is 1. The van der Waals surface area contributed by atoms with Crippen LogP contribution in [0.15, 0.2) is 30.6 Å². The maximum Gasteiger partial charge on any atom is 0.0579 e. The second kappa shape index (κ2) is 4.04. The van der Waals surface area contributed by atoms with Crippen molar-refractivity contribution in [2.45, 2.75) is 13.5 Å². The molecule has 0 atom stereocenters. The van der Waals surface area contributed by atoms with Gasteiger partial charge in [0.05, 0.1) is 17.6 Å². The molecule has 4 heteroatoms. The maximum atomic E-state index is 5.84. The molecule has 0 bridgehead atoms. The Bertz CT molecular complexity index is 434. The minimum atomic E-state index is 0.726. The van der Waals surface area contributed by atoms with Crippen molar-refractivity contribution in [3.63, 3.8) is 0 Å². The molecule has 0 saturated carbocycles. The Balaban J connectivity index is 2.07. The fourth-order valence-electron chi connectivity index (χ4n) is 1.39. The molecule has 1 aromatic heterocycles. The smallest absolute Gasteiger partial charge is 0.0579 e. The number of aryl methyl sites for hydroxylation is 1. The first-order chi connectivity index (χ1) is 7.25. The molecule has 78 valence electrons. The lowest BCUT2D eigenvalue weighted by atomic mass is 10.2. The van der Waals surface area contributed by atoms with Gasteiger partial charge in [0, 0.05) is 18.3 Å². The number of anilines is 2. The second-order valence-electron chi connectivity index (χ2n) is 3.55. The van der Waals surface area contributed by atoms with Crippen molar-refractivity contribution in [1.82, 2.24) is 10.2 Å². The SMILES string of the molecule is Cc1ccc(N)c(NCc2cn[nH]c2)c1. The summed E-state index contributed by atoms with van der Waals surface area (Å²) in [6.45, 7) is 2.77. The molecule has 0 amide bonds. The predicted octanol–water partition coefficient (Wildman–Crippen LogP) is 1.91. The monoisotopic (exact) mass is 202 g/mol. The van der Waals surface area contributed by atoms with Crippen LogP contribution in [0.1, 0.15) is 11.1 Å². The van der Waals surface area contributed by atoms with Crippen LogP contribution in [-0.4, -0.2) is 10.2 Å². The molecule has 0 saturated heterocycles. The molecule has 4 N–H and O–H groups in total. The van der Waals surface area contributed by atoms with Crippen LogP contribution < -0.4 is 11.1 Å². The molecular formula is C11H14N4. The lowest BCUT2D eigenvalue weighted by molar-refractivity contribution is 1.09. The third-order valence-electron chi connectivity index (χ3n) is 2.25. The molecule has 2 aromatic rings. The fraction of sp³-hybridized carbons (Fsp3) is 0.182. The Morgan fingerprint density at radius 3 is 3.07 bits per heavy atom. The number of nitrogen functional groups attached to an aromatic ring is 1. The van der Waals surface area contributed by atoms with Gasteiger partial charge in [-0.1, -0.05) is 6.07 Å². The van der Waals surface area contributed by atoms with Gasteiger partial charge in [-0.05, 0) is 24.6 Å². The molecule has 2 rings (SSSR count). The van der Waals surface area contributed by atoms with Crippen LogP contribution in [0.5, 0.6) is 0 Å². The van der Waals surface area contributed by atoms with Gasteiger partial charge in [0.1, 0.15) is 0 Å². The number of benzene rings is 1. The van der Waals surface area contributed by atoms with Crippen LogP contribution in [0, 0.1) is 6.92 Å². The van der Waals surface area contributed by atoms with Crippen LogP contribution in [0.4, 0.5) is 11.4 Å². The predicted molar refractivity (Wildman–Crippen MR) is 61.5 cm³/mol. The van der Waals surface area contributed by atoms with Crippen LogP contribution in [0.3, 0.4) is 0 Å². The van der Waals surface area contributed by atoms with Gasteiger partial charge < -0.3 is 11.1 Å². The number of nitrogens with zero attached hydrogens (tertiary/aromatic N) is 1. The molecule has 15 heavy (non-hydrogen) atoms. The van der Waals surface area contributed by atoms with Gasteiger partial charge in [0.15, 0.2) is 0 Å². The van der Waals surface area contributed by atoms with E-state index in [-0.39, 0.29) is 0 Å². The van der Waals surface area contributed by atoms with Crippen LogP contribution in [0.25, 0.3) is 0 Å². The van der Waals surface area contributed by atoms with Gasteiger partial charge in [-0.2, -0.15) is 5.10 Å². The van der Waals surface area contributed by atoms with Crippen LogP contribution >= 0.6 is 0 Å². The van der Waals surface area contributed by atoms with E-state index in [4.69, 9.17) is 5.73 Å². The zero-order valence-electron chi connectivity index (χ0n) is 8.62. The number of rotatable bonds is 3. The first kappa shape index (κ1) is 9.58. The van der Waals surface area contributed by atoms with Crippen molar-refractivity contribution in [3.8, 4) is 0 Å². The summed E-state index contributed by atoms with van der Waals surface area (Å²) in [6, 6.07) is 5.95. The summed E-state index contributed by atoms with van der Waals surface area (Å²) < 4.78 is 0. The highest BCUT2D eigenvalue weighted by molar-refractivity contribution is 5.66. The average Bonchev–Trinajstić information content (AvgIpc) is 2.72. The lowest BCUT2D eigenvalue weighted by Gasteiger charge is -2.08. The summed E-state index contributed by atoms with van der Waals surface area (Å²) in [6.07, 6.45) is 3.65. The molecule has 0 aliphatic heterocycles. The van der Waals surface area contributed by atoms with E-state index in [0.717, 1.165) is 23.5 Å². The normalized spacial score (nSPS) is 10.2. The van der Waals surface area contributed by atoms with Crippen LogP contribution in [-0.2, 0) is 6.54 Å². The zero-order valence-corrected chi connectivity index (χ0v) is 8.62. The van der Waals surface area contributed by atoms with Crippen molar-refractivity contribution in [2.24, 2.45) is 0 Å². The molecule has 1 aromatic carbocycles. The molecule has 1 heterocycles. The van der Waals surface area contributed by atoms with Crippen LogP contribution in [0.2, 0.25) is 0 Å². The van der Waals surface area contributed by atoms with Gasteiger partial charge in [-0.25, -0.2) is 0 Å². The first-order valence-corrected chi connectivity index (χ1v) is 4.83. The zero-order chi connectivity index (χ0) is 10.7. The van der Waals surface area contributed by atoms with E-state index >= 15 is 0 Å². The molecule has 4 nitrogen and oxygen atoms in total. The Labute approximate surface area is 88.5 Å². The van der Waals surface area contributed by atoms with E-state index in [1.54, 1.807) is 6.20 Å². The van der Waals surface area contributed by atoms with Gasteiger partial charge in [-0.3, -0.25) is 5.10 Å². The van der Waals surface area contributed by atoms with Gasteiger partial charge >= 0.3 is 0 Å². The molecule has 0 aliphatic rings. The molecular weight excluding hydrogens is 188 g/mol. The second-order valence-corrected chi connectivity index (χ2v) is 3.55. The molecule has 0 unspecified atom stereocenters. The minimum absolute atomic E-state index is 0.726. The molecule has 0 spiro atoms. The van der Waals surface area contributed by atoms with E-state index in [9.17, 15) is 0 Å². The fourth-order valence-corrected chi connectivity index (χ4v) is 1.39. The summed E-state index contributed by atoms with van der Waals surface area (Å²) >= 11 is 0. The Morgan fingerprint density at radius 1 is 1.47 bits per heavy atom. The Morgan fingerprint density at radius 2 is 2.33 bits per heavy atom. The highest BCUT2D eigenvalue weighted by atomic mass is 15.1. The molecule has 0 fully saturated rings. The Hall–Kier alpha value is -1.97. The number of aromatic amines is 1. The summed E-state index contributed by atoms with van der Waals surface area (Å²) in [4.78, 5) is 0. The van der Waals surface area contributed by atoms with E-state index in [1.165, 1.54) is 5.56 Å². The Kier molecular flexibility index (Phi) is 2.58. The number of aromatic nitrogens is 2. The number of nitrogens with two attached hydrogens (primary N) is 1. The number of hydrogen-bond donors (Lipinski definition) is 3. The van der Waals surface area contributed by atoms with Gasteiger partial charge in [0.2, 0.25) is 0 Å². The highest BCUT2D eigenvalue weighted by Crippen LogP contribution is 2.20. The van der Waals surface area contributed by atoms with E-state index < -0.39 is 0 Å². The summed E-state index contributed by atoms with van der Waals surface area (Å²) in [5.74, 6) is 0. The average molecular weight is 202 g/mol. The standard InChI is InChI=1S/C11H14N4/c1-8-2-3-10(12)11(4-8)13-5-9-6-14-15-7-9/h2-4,6-7,13H,5,12H2,1H3,(H,14,15). The largest absolute Gasteiger partial charge is 0.397 e. The van der Waals surface area contributed by atoms with Gasteiger partial charge in [0.25, 0.3) is 0 Å². The summed E-state index contributed by atoms with van der Waals surface area (Å²) in [5, 5.41) is 9.92. The van der Waals surface area contributed by atoms with E-state index in [1.807, 2.05) is 31.3 Å². The topological polar surface area (TPSA) is 66.7 Å². The van der Waals surface area contributed by atoms with Crippen molar-refractivity contribution in [3.05, 3.63) is 41.7 Å². The highest BCUT2D eigenvalue weighted by Gasteiger charge is 1.99.